The molecular formula is C9H11FN2O2. The zero-order valence-corrected chi connectivity index (χ0v) is 7.50. The molecule has 1 amide bonds. The molecule has 0 aromatic heterocycles. The van der Waals surface area contributed by atoms with Gasteiger partial charge in [0.05, 0.1) is 0 Å². The normalized spacial score (nSPS) is 9.57. The lowest BCUT2D eigenvalue weighted by Crippen LogP contribution is -2.18. The molecule has 0 radical (unpaired) electrons. The number of rotatable bonds is 3. The molecule has 0 saturated heterocycles. The van der Waals surface area contributed by atoms with Gasteiger partial charge in [-0.05, 0) is 18.2 Å². The quantitative estimate of drug-likeness (QED) is 0.770. The summed E-state index contributed by atoms with van der Waals surface area (Å²) >= 11 is 0. The molecule has 0 aliphatic rings. The summed E-state index contributed by atoms with van der Waals surface area (Å²) in [7, 11) is 0. The van der Waals surface area contributed by atoms with E-state index in [9.17, 15) is 9.18 Å². The summed E-state index contributed by atoms with van der Waals surface area (Å²) in [5, 5.41) is 2.36. The second kappa shape index (κ2) is 5.18. The molecule has 0 fully saturated rings. The lowest BCUT2D eigenvalue weighted by Gasteiger charge is -2.05. The Morgan fingerprint density at radius 3 is 3.00 bits per heavy atom. The summed E-state index contributed by atoms with van der Waals surface area (Å²) in [5.74, 6) is -0.415. The van der Waals surface area contributed by atoms with Crippen LogP contribution in [-0.2, 0) is 4.74 Å². The van der Waals surface area contributed by atoms with E-state index >= 15 is 0 Å². The van der Waals surface area contributed by atoms with E-state index in [0.29, 0.717) is 5.69 Å². The second-order valence-electron chi connectivity index (χ2n) is 2.56. The number of anilines is 1. The molecule has 0 spiro atoms. The summed E-state index contributed by atoms with van der Waals surface area (Å²) in [6.45, 7) is 0.401. The van der Waals surface area contributed by atoms with Crippen molar-refractivity contribution in [2.75, 3.05) is 18.5 Å². The first kappa shape index (κ1) is 10.5. The van der Waals surface area contributed by atoms with Crippen LogP contribution >= 0.6 is 0 Å². The van der Waals surface area contributed by atoms with Crippen LogP contribution in [0.15, 0.2) is 24.3 Å². The zero-order chi connectivity index (χ0) is 10.4. The van der Waals surface area contributed by atoms with Gasteiger partial charge in [0.2, 0.25) is 0 Å². The molecule has 5 heteroatoms. The predicted octanol–water partition coefficient (Wildman–Crippen LogP) is 1.33. The van der Waals surface area contributed by atoms with Gasteiger partial charge in [0.25, 0.3) is 0 Å². The SMILES string of the molecule is NCCOC(=O)Nc1cccc(F)c1. The van der Waals surface area contributed by atoms with Gasteiger partial charge in [0.15, 0.2) is 0 Å². The van der Waals surface area contributed by atoms with E-state index in [2.05, 4.69) is 10.1 Å². The van der Waals surface area contributed by atoms with Crippen molar-refractivity contribution in [2.45, 2.75) is 0 Å². The van der Waals surface area contributed by atoms with Crippen LogP contribution in [0.3, 0.4) is 0 Å². The van der Waals surface area contributed by atoms with Gasteiger partial charge in [-0.15, -0.1) is 0 Å². The van der Waals surface area contributed by atoms with E-state index in [0.717, 1.165) is 0 Å². The predicted molar refractivity (Wildman–Crippen MR) is 50.4 cm³/mol. The second-order valence-corrected chi connectivity index (χ2v) is 2.56. The van der Waals surface area contributed by atoms with Gasteiger partial charge in [-0.2, -0.15) is 0 Å². The van der Waals surface area contributed by atoms with Gasteiger partial charge < -0.3 is 10.5 Å². The molecule has 0 aliphatic heterocycles. The van der Waals surface area contributed by atoms with E-state index < -0.39 is 11.9 Å². The molecule has 0 saturated carbocycles. The number of halogens is 1. The van der Waals surface area contributed by atoms with Crippen LogP contribution in [0.1, 0.15) is 0 Å². The molecule has 1 rings (SSSR count). The van der Waals surface area contributed by atoms with Crippen molar-refractivity contribution in [1.82, 2.24) is 0 Å². The number of amides is 1. The number of nitrogens with two attached hydrogens (primary N) is 1. The molecule has 0 bridgehead atoms. The maximum Gasteiger partial charge on any atom is 0.411 e. The molecule has 3 N–H and O–H groups in total. The summed E-state index contributed by atoms with van der Waals surface area (Å²) in [6.07, 6.45) is -0.638. The van der Waals surface area contributed by atoms with Crippen LogP contribution < -0.4 is 11.1 Å². The average molecular weight is 198 g/mol. The van der Waals surface area contributed by atoms with Crippen molar-refractivity contribution < 1.29 is 13.9 Å². The monoisotopic (exact) mass is 198 g/mol. The average Bonchev–Trinajstić information content (AvgIpc) is 2.15. The zero-order valence-electron chi connectivity index (χ0n) is 7.50. The minimum Gasteiger partial charge on any atom is -0.448 e. The van der Waals surface area contributed by atoms with Crippen LogP contribution in [0.25, 0.3) is 0 Å². The first-order valence-corrected chi connectivity index (χ1v) is 4.12. The molecule has 4 nitrogen and oxygen atoms in total. The topological polar surface area (TPSA) is 64.3 Å². The maximum atomic E-state index is 12.7. The van der Waals surface area contributed by atoms with Crippen molar-refractivity contribution in [1.29, 1.82) is 0 Å². The first-order chi connectivity index (χ1) is 6.72. The first-order valence-electron chi connectivity index (χ1n) is 4.12. The Hall–Kier alpha value is -1.62. The molecule has 1 aromatic rings. The summed E-state index contributed by atoms with van der Waals surface area (Å²) in [6, 6.07) is 5.54. The highest BCUT2D eigenvalue weighted by molar-refractivity contribution is 5.84. The van der Waals surface area contributed by atoms with Crippen LogP contribution in [0.2, 0.25) is 0 Å². The van der Waals surface area contributed by atoms with Gasteiger partial charge in [0.1, 0.15) is 12.4 Å². The molecule has 76 valence electrons. The Morgan fingerprint density at radius 2 is 2.36 bits per heavy atom. The minimum absolute atomic E-state index is 0.140. The number of hydrogen-bond acceptors (Lipinski definition) is 3. The fourth-order valence-electron chi connectivity index (χ4n) is 0.872. The number of hydrogen-bond donors (Lipinski definition) is 2. The van der Waals surface area contributed by atoms with Gasteiger partial charge in [0, 0.05) is 12.2 Å². The molecule has 0 heterocycles. The molecule has 14 heavy (non-hydrogen) atoms. The summed E-state index contributed by atoms with van der Waals surface area (Å²) in [4.78, 5) is 11.0. The Labute approximate surface area is 80.9 Å². The van der Waals surface area contributed by atoms with E-state index in [1.165, 1.54) is 18.2 Å². The standard InChI is InChI=1S/C9H11FN2O2/c10-7-2-1-3-8(6-7)12-9(13)14-5-4-11/h1-3,6H,4-5,11H2,(H,12,13). The maximum absolute atomic E-state index is 12.7. The Balaban J connectivity index is 2.47. The summed E-state index contributed by atoms with van der Waals surface area (Å²) < 4.78 is 17.3. The third-order valence-electron chi connectivity index (χ3n) is 1.42. The number of benzene rings is 1. The van der Waals surface area contributed by atoms with Crippen molar-refractivity contribution in [3.63, 3.8) is 0 Å². The highest BCUT2D eigenvalue weighted by Crippen LogP contribution is 2.08. The Kier molecular flexibility index (Phi) is 3.87. The molecule has 1 aromatic carbocycles. The van der Waals surface area contributed by atoms with Crippen LogP contribution in [0.4, 0.5) is 14.9 Å². The van der Waals surface area contributed by atoms with Crippen molar-refractivity contribution >= 4 is 11.8 Å². The number of nitrogens with one attached hydrogen (secondary N) is 1. The molecule has 0 atom stereocenters. The molecular weight excluding hydrogens is 187 g/mol. The number of ether oxygens (including phenoxy) is 1. The third kappa shape index (κ3) is 3.40. The number of carbonyl (C=O) groups is 1. The fraction of sp³-hybridized carbons (Fsp3) is 0.222. The highest BCUT2D eigenvalue weighted by atomic mass is 19.1. The Morgan fingerprint density at radius 1 is 1.57 bits per heavy atom. The van der Waals surface area contributed by atoms with Crippen molar-refractivity contribution in [3.8, 4) is 0 Å². The summed E-state index contributed by atoms with van der Waals surface area (Å²) in [5.41, 5.74) is 5.48. The van der Waals surface area contributed by atoms with E-state index in [1.807, 2.05) is 0 Å². The van der Waals surface area contributed by atoms with Gasteiger partial charge in [-0.25, -0.2) is 9.18 Å². The Bertz CT molecular complexity index is 317. The smallest absolute Gasteiger partial charge is 0.411 e. The third-order valence-corrected chi connectivity index (χ3v) is 1.42. The van der Waals surface area contributed by atoms with Gasteiger partial charge in [-0.1, -0.05) is 6.07 Å². The van der Waals surface area contributed by atoms with Gasteiger partial charge >= 0.3 is 6.09 Å². The van der Waals surface area contributed by atoms with Gasteiger partial charge in [-0.3, -0.25) is 5.32 Å². The largest absolute Gasteiger partial charge is 0.448 e. The molecule has 0 aliphatic carbocycles. The van der Waals surface area contributed by atoms with E-state index in [1.54, 1.807) is 6.07 Å². The van der Waals surface area contributed by atoms with E-state index in [4.69, 9.17) is 5.73 Å². The number of carbonyl (C=O) groups excluding carboxylic acids is 1. The van der Waals surface area contributed by atoms with E-state index in [-0.39, 0.29) is 13.2 Å². The highest BCUT2D eigenvalue weighted by Gasteiger charge is 2.02. The lowest BCUT2D eigenvalue weighted by molar-refractivity contribution is 0.165. The molecule has 0 unspecified atom stereocenters. The van der Waals surface area contributed by atoms with Crippen LogP contribution in [0.5, 0.6) is 0 Å². The van der Waals surface area contributed by atoms with Crippen LogP contribution in [-0.4, -0.2) is 19.2 Å². The van der Waals surface area contributed by atoms with Crippen molar-refractivity contribution in [2.24, 2.45) is 5.73 Å². The lowest BCUT2D eigenvalue weighted by atomic mass is 10.3. The van der Waals surface area contributed by atoms with Crippen molar-refractivity contribution in [3.05, 3.63) is 30.1 Å². The van der Waals surface area contributed by atoms with Crippen LogP contribution in [0, 0.1) is 5.82 Å². The fourth-order valence-corrected chi connectivity index (χ4v) is 0.872. The minimum atomic E-state index is -0.638.